The predicted molar refractivity (Wildman–Crippen MR) is 89.9 cm³/mol. The summed E-state index contributed by atoms with van der Waals surface area (Å²) in [5, 5.41) is 3.59. The van der Waals surface area contributed by atoms with Crippen molar-refractivity contribution in [1.29, 1.82) is 0 Å². The van der Waals surface area contributed by atoms with E-state index in [1.165, 1.54) is 16.7 Å². The van der Waals surface area contributed by atoms with Crippen molar-refractivity contribution in [2.75, 3.05) is 13.2 Å². The summed E-state index contributed by atoms with van der Waals surface area (Å²) in [6, 6.07) is 15.4. The lowest BCUT2D eigenvalue weighted by Crippen LogP contribution is -2.22. The third kappa shape index (κ3) is 3.30. The maximum atomic E-state index is 5.71. The van der Waals surface area contributed by atoms with Crippen molar-refractivity contribution in [2.45, 2.75) is 25.8 Å². The molecule has 1 aliphatic heterocycles. The van der Waals surface area contributed by atoms with Crippen molar-refractivity contribution < 1.29 is 4.74 Å². The van der Waals surface area contributed by atoms with Gasteiger partial charge in [0.2, 0.25) is 0 Å². The molecule has 0 saturated carbocycles. The second-order valence-electron chi connectivity index (χ2n) is 5.36. The van der Waals surface area contributed by atoms with Gasteiger partial charge in [-0.2, -0.15) is 0 Å². The van der Waals surface area contributed by atoms with Crippen molar-refractivity contribution in [3.05, 3.63) is 63.6 Å². The van der Waals surface area contributed by atoms with E-state index in [2.05, 4.69) is 70.6 Å². The highest BCUT2D eigenvalue weighted by Crippen LogP contribution is 2.30. The molecule has 0 saturated heterocycles. The molecule has 1 heterocycles. The summed E-state index contributed by atoms with van der Waals surface area (Å²) >= 11 is 3.50. The predicted octanol–water partition coefficient (Wildman–Crippen LogP) is 4.47. The van der Waals surface area contributed by atoms with Gasteiger partial charge in [-0.1, -0.05) is 47.1 Å². The monoisotopic (exact) mass is 345 g/mol. The SMILES string of the molecule is CCNC(c1ccc(Br)cc1)c1ccc2c(c1)CCCO2. The molecule has 3 heteroatoms. The van der Waals surface area contributed by atoms with Gasteiger partial charge in [-0.3, -0.25) is 0 Å². The van der Waals surface area contributed by atoms with E-state index in [9.17, 15) is 0 Å². The highest BCUT2D eigenvalue weighted by atomic mass is 79.9. The number of hydrogen-bond acceptors (Lipinski definition) is 2. The number of ether oxygens (including phenoxy) is 1. The molecule has 2 aromatic rings. The smallest absolute Gasteiger partial charge is 0.122 e. The first-order valence-electron chi connectivity index (χ1n) is 7.52. The van der Waals surface area contributed by atoms with Crippen LogP contribution in [0, 0.1) is 0 Å². The van der Waals surface area contributed by atoms with E-state index < -0.39 is 0 Å². The van der Waals surface area contributed by atoms with Crippen LogP contribution in [-0.2, 0) is 6.42 Å². The summed E-state index contributed by atoms with van der Waals surface area (Å²) < 4.78 is 6.82. The minimum absolute atomic E-state index is 0.232. The van der Waals surface area contributed by atoms with Crippen molar-refractivity contribution in [2.24, 2.45) is 0 Å². The van der Waals surface area contributed by atoms with E-state index in [-0.39, 0.29) is 6.04 Å². The Morgan fingerprint density at radius 3 is 2.67 bits per heavy atom. The summed E-state index contributed by atoms with van der Waals surface area (Å²) in [5.74, 6) is 1.05. The van der Waals surface area contributed by atoms with Crippen molar-refractivity contribution in [3.63, 3.8) is 0 Å². The van der Waals surface area contributed by atoms with E-state index in [0.29, 0.717) is 0 Å². The van der Waals surface area contributed by atoms with Crippen molar-refractivity contribution in [3.8, 4) is 5.75 Å². The van der Waals surface area contributed by atoms with E-state index >= 15 is 0 Å². The number of nitrogens with one attached hydrogen (secondary N) is 1. The Hall–Kier alpha value is -1.32. The molecule has 21 heavy (non-hydrogen) atoms. The fraction of sp³-hybridized carbons (Fsp3) is 0.333. The fourth-order valence-electron chi connectivity index (χ4n) is 2.85. The molecule has 0 radical (unpaired) electrons. The number of halogens is 1. The van der Waals surface area contributed by atoms with Crippen LogP contribution in [0.5, 0.6) is 5.75 Å². The lowest BCUT2D eigenvalue weighted by molar-refractivity contribution is 0.288. The number of hydrogen-bond donors (Lipinski definition) is 1. The van der Waals surface area contributed by atoms with Gasteiger partial charge in [-0.25, -0.2) is 0 Å². The maximum absolute atomic E-state index is 5.71. The molecule has 1 N–H and O–H groups in total. The van der Waals surface area contributed by atoms with E-state index in [1.54, 1.807) is 0 Å². The topological polar surface area (TPSA) is 21.3 Å². The first kappa shape index (κ1) is 14.6. The average molecular weight is 346 g/mol. The molecule has 3 rings (SSSR count). The zero-order valence-electron chi connectivity index (χ0n) is 12.2. The Morgan fingerprint density at radius 1 is 1.14 bits per heavy atom. The van der Waals surface area contributed by atoms with Crippen LogP contribution in [0.4, 0.5) is 0 Å². The van der Waals surface area contributed by atoms with Crippen LogP contribution in [0.2, 0.25) is 0 Å². The van der Waals surface area contributed by atoms with Crippen LogP contribution in [0.1, 0.15) is 36.1 Å². The Morgan fingerprint density at radius 2 is 1.90 bits per heavy atom. The molecule has 1 unspecified atom stereocenters. The molecular weight excluding hydrogens is 326 g/mol. The largest absolute Gasteiger partial charge is 0.493 e. The van der Waals surface area contributed by atoms with Gasteiger partial charge < -0.3 is 10.1 Å². The minimum atomic E-state index is 0.232. The standard InChI is InChI=1S/C18H20BrNO/c1-2-20-18(13-5-8-16(19)9-6-13)15-7-10-17-14(12-15)4-3-11-21-17/h5-10,12,18,20H,2-4,11H2,1H3. The molecule has 2 aromatic carbocycles. The minimum Gasteiger partial charge on any atom is -0.493 e. The highest BCUT2D eigenvalue weighted by Gasteiger charge is 2.17. The average Bonchev–Trinajstić information content (AvgIpc) is 2.53. The number of fused-ring (bicyclic) bond motifs is 1. The normalized spacial score (nSPS) is 15.1. The molecule has 0 aliphatic carbocycles. The number of benzene rings is 2. The van der Waals surface area contributed by atoms with Gasteiger partial charge in [0.1, 0.15) is 5.75 Å². The van der Waals surface area contributed by atoms with Crippen LogP contribution in [0.25, 0.3) is 0 Å². The zero-order valence-corrected chi connectivity index (χ0v) is 13.8. The third-order valence-corrected chi connectivity index (χ3v) is 4.41. The lowest BCUT2D eigenvalue weighted by Gasteiger charge is -2.23. The third-order valence-electron chi connectivity index (χ3n) is 3.88. The summed E-state index contributed by atoms with van der Waals surface area (Å²) in [5.41, 5.74) is 3.93. The quantitative estimate of drug-likeness (QED) is 0.882. The van der Waals surface area contributed by atoms with Crippen molar-refractivity contribution in [1.82, 2.24) is 5.32 Å². The van der Waals surface area contributed by atoms with Crippen LogP contribution in [0.15, 0.2) is 46.9 Å². The molecule has 0 aromatic heterocycles. The Labute approximate surface area is 134 Å². The van der Waals surface area contributed by atoms with Crippen LogP contribution in [-0.4, -0.2) is 13.2 Å². The Kier molecular flexibility index (Phi) is 4.61. The molecule has 1 aliphatic rings. The zero-order chi connectivity index (χ0) is 14.7. The first-order valence-corrected chi connectivity index (χ1v) is 8.31. The molecular formula is C18H20BrNO. The van der Waals surface area contributed by atoms with E-state index in [4.69, 9.17) is 4.74 Å². The molecule has 0 bridgehead atoms. The van der Waals surface area contributed by atoms with Gasteiger partial charge >= 0.3 is 0 Å². The molecule has 0 spiro atoms. The maximum Gasteiger partial charge on any atom is 0.122 e. The lowest BCUT2D eigenvalue weighted by atomic mass is 9.95. The second kappa shape index (κ2) is 6.63. The van der Waals surface area contributed by atoms with Gasteiger partial charge in [-0.15, -0.1) is 0 Å². The van der Waals surface area contributed by atoms with Gasteiger partial charge in [0.05, 0.1) is 12.6 Å². The fourth-order valence-corrected chi connectivity index (χ4v) is 3.11. The van der Waals surface area contributed by atoms with Gasteiger partial charge in [-0.05, 0) is 54.3 Å². The number of aryl methyl sites for hydroxylation is 1. The molecule has 2 nitrogen and oxygen atoms in total. The van der Waals surface area contributed by atoms with Gasteiger partial charge in [0.25, 0.3) is 0 Å². The summed E-state index contributed by atoms with van der Waals surface area (Å²) in [7, 11) is 0. The molecule has 110 valence electrons. The summed E-state index contributed by atoms with van der Waals surface area (Å²) in [6.45, 7) is 3.93. The van der Waals surface area contributed by atoms with Gasteiger partial charge in [0.15, 0.2) is 0 Å². The Bertz CT molecular complexity index is 609. The van der Waals surface area contributed by atoms with Crippen LogP contribution in [0.3, 0.4) is 0 Å². The molecule has 0 amide bonds. The molecule has 1 atom stereocenters. The highest BCUT2D eigenvalue weighted by molar-refractivity contribution is 9.10. The van der Waals surface area contributed by atoms with E-state index in [0.717, 1.165) is 36.2 Å². The summed E-state index contributed by atoms with van der Waals surface area (Å²) in [6.07, 6.45) is 2.23. The number of rotatable bonds is 4. The van der Waals surface area contributed by atoms with Gasteiger partial charge in [0, 0.05) is 4.47 Å². The van der Waals surface area contributed by atoms with E-state index in [1.807, 2.05) is 0 Å². The Balaban J connectivity index is 1.95. The second-order valence-corrected chi connectivity index (χ2v) is 6.28. The summed E-state index contributed by atoms with van der Waals surface area (Å²) in [4.78, 5) is 0. The van der Waals surface area contributed by atoms with Crippen LogP contribution < -0.4 is 10.1 Å². The van der Waals surface area contributed by atoms with Crippen LogP contribution >= 0.6 is 15.9 Å². The first-order chi connectivity index (χ1) is 10.3. The van der Waals surface area contributed by atoms with Crippen molar-refractivity contribution >= 4 is 15.9 Å². The molecule has 0 fully saturated rings.